The maximum atomic E-state index is 11.9. The van der Waals surface area contributed by atoms with Crippen LogP contribution in [0.3, 0.4) is 0 Å². The maximum Gasteiger partial charge on any atom is 0.490 e. The second-order valence-electron chi connectivity index (χ2n) is 5.86. The quantitative estimate of drug-likeness (QED) is 0.0729. The molecule has 1 saturated heterocycles. The van der Waals surface area contributed by atoms with Gasteiger partial charge in [-0.25, -0.2) is 13.7 Å². The summed E-state index contributed by atoms with van der Waals surface area (Å²) in [6, 6.07) is 1.34. The zero-order chi connectivity index (χ0) is 24.5. The fraction of sp³-hybridized carbons (Fsp3) is 0.556. The second-order valence-corrected chi connectivity index (χ2v) is 11.1. The molecule has 7 N–H and O–H groups in total. The van der Waals surface area contributed by atoms with Gasteiger partial charge >= 0.3 is 23.5 Å². The molecule has 18 nitrogen and oxygen atoms in total. The molecule has 1 aromatic rings. The zero-order valence-electron chi connectivity index (χ0n) is 15.1. The van der Waals surface area contributed by atoms with E-state index in [9.17, 15) is 28.8 Å². The molecule has 0 aromatic carbocycles. The van der Waals surface area contributed by atoms with Crippen LogP contribution < -0.4 is 0 Å². The number of rotatable bonds is 9. The van der Waals surface area contributed by atoms with Crippen molar-refractivity contribution in [1.29, 1.82) is 0 Å². The molecule has 1 aliphatic rings. The highest BCUT2D eigenvalue weighted by Crippen LogP contribution is 2.66. The lowest BCUT2D eigenvalue weighted by molar-refractivity contribution is -0.122. The molecule has 1 aliphatic heterocycles. The molecule has 23 heteroatoms. The van der Waals surface area contributed by atoms with Gasteiger partial charge in [0, 0.05) is 11.1 Å². The lowest BCUT2D eigenvalue weighted by Gasteiger charge is -2.27. The molecule has 0 amide bonds. The molecule has 0 spiro atoms. The van der Waals surface area contributed by atoms with Crippen molar-refractivity contribution in [2.75, 3.05) is 6.61 Å². The monoisotopic (exact) mass is 557 g/mol. The van der Waals surface area contributed by atoms with E-state index < -0.39 is 54.2 Å². The molecular weight excluding hydrogens is 543 g/mol. The van der Waals surface area contributed by atoms with E-state index in [1.54, 1.807) is 0 Å². The van der Waals surface area contributed by atoms with Gasteiger partial charge in [0.1, 0.15) is 16.8 Å². The lowest BCUT2D eigenvalue weighted by Crippen LogP contribution is -2.44. The number of phosphoric ester groups is 1. The molecule has 0 bridgehead atoms. The van der Waals surface area contributed by atoms with Crippen LogP contribution in [0.1, 0.15) is 6.23 Å². The van der Waals surface area contributed by atoms with Gasteiger partial charge in [0.05, 0.1) is 6.61 Å². The number of aromatic amines is 1. The summed E-state index contributed by atoms with van der Waals surface area (Å²) in [7, 11) is -17.1. The number of phosphoric acid groups is 3. The van der Waals surface area contributed by atoms with Crippen LogP contribution in [0.4, 0.5) is 0 Å². The molecule has 180 valence electrons. The number of hydrogen-bond acceptors (Lipinski definition) is 12. The van der Waals surface area contributed by atoms with Crippen molar-refractivity contribution in [2.24, 2.45) is 5.11 Å². The third kappa shape index (κ3) is 6.82. The van der Waals surface area contributed by atoms with Gasteiger partial charge in [0.15, 0.2) is 11.0 Å². The summed E-state index contributed by atoms with van der Waals surface area (Å²) < 4.78 is 52.0. The van der Waals surface area contributed by atoms with Gasteiger partial charge in [-0.05, 0) is 23.8 Å². The Kier molecular flexibility index (Phi) is 8.36. The van der Waals surface area contributed by atoms with Crippen LogP contribution in [0.15, 0.2) is 17.4 Å². The number of azide groups is 1. The second kappa shape index (κ2) is 9.77. The first-order chi connectivity index (χ1) is 14.5. The number of aromatic nitrogens is 2. The first-order valence-electron chi connectivity index (χ1n) is 7.71. The first kappa shape index (κ1) is 27.4. The number of nitrogens with one attached hydrogen (secondary N) is 1. The number of aliphatic hydroxyl groups is 2. The predicted octanol–water partition coefficient (Wildman–Crippen LogP) is 0.876. The van der Waals surface area contributed by atoms with Crippen molar-refractivity contribution < 1.29 is 61.4 Å². The summed E-state index contributed by atoms with van der Waals surface area (Å²) in [6.45, 7) is -1.36. The van der Waals surface area contributed by atoms with E-state index in [2.05, 4.69) is 28.2 Å². The number of H-pyrrole nitrogens is 1. The molecule has 0 aliphatic carbocycles. The standard InChI is InChI=1S/C9H14N5O13P3S2/c10-13-12-9(3-24-29(20,21)27-30(22,23)26-28(17,18)19)6(16)5(15)7(25-9)14-2-1-4(31)11-8(14)32/h1-2,5-7,15-16H,3H2,(H,20,21)(H,22,23)(H,11,31,32)(H2,17,18,19)/t5?,6-,7-,9-/m1/s1. The molecule has 2 heterocycles. The Morgan fingerprint density at radius 3 is 2.38 bits per heavy atom. The van der Waals surface area contributed by atoms with Crippen molar-refractivity contribution >= 4 is 47.9 Å². The summed E-state index contributed by atoms with van der Waals surface area (Å²) in [5.74, 6) is 0. The molecule has 1 fully saturated rings. The van der Waals surface area contributed by atoms with Gasteiger partial charge < -0.3 is 39.5 Å². The minimum atomic E-state index is -5.82. The Labute approximate surface area is 187 Å². The van der Waals surface area contributed by atoms with E-state index in [4.69, 9.17) is 49.4 Å². The highest BCUT2D eigenvalue weighted by molar-refractivity contribution is 7.72. The van der Waals surface area contributed by atoms with Crippen LogP contribution in [0.5, 0.6) is 0 Å². The summed E-state index contributed by atoms with van der Waals surface area (Å²) in [5, 5.41) is 23.8. The molecule has 32 heavy (non-hydrogen) atoms. The van der Waals surface area contributed by atoms with Crippen molar-refractivity contribution in [3.63, 3.8) is 0 Å². The van der Waals surface area contributed by atoms with Gasteiger partial charge in [0.25, 0.3) is 0 Å². The third-order valence-electron chi connectivity index (χ3n) is 3.59. The van der Waals surface area contributed by atoms with Gasteiger partial charge in [-0.2, -0.15) is 8.62 Å². The SMILES string of the molecule is [N-]=[N+]=N[C@]1(COP(=O)(O)OP(=O)(O)OP(=O)(O)O)O[C@@H](n2ccc(=S)[nH]c2=S)C(O)[C@H]1O. The molecule has 2 rings (SSSR count). The van der Waals surface area contributed by atoms with E-state index in [0.717, 1.165) is 4.57 Å². The normalized spacial score (nSPS) is 29.6. The van der Waals surface area contributed by atoms with Crippen LogP contribution in [-0.4, -0.2) is 63.9 Å². The topological polar surface area (TPSA) is 279 Å². The van der Waals surface area contributed by atoms with Gasteiger partial charge in [-0.3, -0.25) is 9.09 Å². The molecule has 6 atom stereocenters. The fourth-order valence-electron chi connectivity index (χ4n) is 2.40. The summed E-state index contributed by atoms with van der Waals surface area (Å²) in [5.41, 5.74) is 6.22. The molecule has 1 aromatic heterocycles. The number of hydrogen-bond donors (Lipinski definition) is 7. The van der Waals surface area contributed by atoms with Crippen LogP contribution in [0.2, 0.25) is 0 Å². The maximum absolute atomic E-state index is 11.9. The largest absolute Gasteiger partial charge is 0.490 e. The van der Waals surface area contributed by atoms with Crippen LogP contribution in [0.25, 0.3) is 10.4 Å². The van der Waals surface area contributed by atoms with Crippen molar-refractivity contribution in [2.45, 2.75) is 24.2 Å². The molecule has 0 saturated carbocycles. The Morgan fingerprint density at radius 2 is 1.84 bits per heavy atom. The van der Waals surface area contributed by atoms with E-state index >= 15 is 0 Å². The average molecular weight is 557 g/mol. The van der Waals surface area contributed by atoms with Crippen LogP contribution in [0, 0.1) is 9.41 Å². The van der Waals surface area contributed by atoms with Gasteiger partial charge in [-0.15, -0.1) is 0 Å². The minimum Gasteiger partial charge on any atom is -0.387 e. The molecule has 0 radical (unpaired) electrons. The number of nitrogens with zero attached hydrogens (tertiary/aromatic N) is 4. The van der Waals surface area contributed by atoms with E-state index in [-0.39, 0.29) is 9.41 Å². The third-order valence-corrected chi connectivity index (χ3v) is 7.93. The zero-order valence-corrected chi connectivity index (χ0v) is 19.4. The van der Waals surface area contributed by atoms with Crippen molar-refractivity contribution in [3.8, 4) is 0 Å². The minimum absolute atomic E-state index is 0.0848. The van der Waals surface area contributed by atoms with E-state index in [1.165, 1.54) is 12.3 Å². The van der Waals surface area contributed by atoms with Crippen molar-refractivity contribution in [3.05, 3.63) is 32.1 Å². The lowest BCUT2D eigenvalue weighted by atomic mass is 10.1. The first-order valence-corrected chi connectivity index (χ1v) is 13.0. The summed E-state index contributed by atoms with van der Waals surface area (Å²) in [4.78, 5) is 40.7. The number of ether oxygens (including phenoxy) is 1. The van der Waals surface area contributed by atoms with E-state index in [1.807, 2.05) is 0 Å². The van der Waals surface area contributed by atoms with Gasteiger partial charge in [-0.1, -0.05) is 17.3 Å². The summed E-state index contributed by atoms with van der Waals surface area (Å²) >= 11 is 9.91. The highest BCUT2D eigenvalue weighted by Gasteiger charge is 2.56. The molecule has 3 unspecified atom stereocenters. The Hall–Kier alpha value is -0.880. The van der Waals surface area contributed by atoms with Crippen molar-refractivity contribution in [1.82, 2.24) is 9.55 Å². The Morgan fingerprint density at radius 1 is 1.22 bits per heavy atom. The predicted molar refractivity (Wildman–Crippen MR) is 104 cm³/mol. The van der Waals surface area contributed by atoms with Crippen LogP contribution >= 0.6 is 47.9 Å². The number of aliphatic hydroxyl groups excluding tert-OH is 2. The summed E-state index contributed by atoms with van der Waals surface area (Å²) in [6.07, 6.45) is -4.21. The average Bonchev–Trinajstić information content (AvgIpc) is 2.83. The Bertz CT molecular complexity index is 1180. The smallest absolute Gasteiger partial charge is 0.387 e. The fourth-order valence-corrected chi connectivity index (χ4v) is 5.94. The van der Waals surface area contributed by atoms with Gasteiger partial charge in [0.2, 0.25) is 5.72 Å². The van der Waals surface area contributed by atoms with E-state index in [0.29, 0.717) is 0 Å². The van der Waals surface area contributed by atoms with Crippen LogP contribution in [-0.2, 0) is 31.6 Å². The molecular formula is C9H14N5O13P3S2. The highest BCUT2D eigenvalue weighted by atomic mass is 32.1. The Balaban J connectivity index is 2.28.